The number of nitrogens with zero attached hydrogens (tertiary/aromatic N) is 2. The Morgan fingerprint density at radius 3 is 2.89 bits per heavy atom. The van der Waals surface area contributed by atoms with Gasteiger partial charge in [-0.25, -0.2) is 0 Å². The van der Waals surface area contributed by atoms with E-state index >= 15 is 0 Å². The molecule has 3 atom stereocenters. The summed E-state index contributed by atoms with van der Waals surface area (Å²) >= 11 is 0. The van der Waals surface area contributed by atoms with Crippen LogP contribution in [0, 0.1) is 23.2 Å². The molecule has 1 saturated heterocycles. The zero-order chi connectivity index (χ0) is 13.0. The molecule has 3 unspecified atom stereocenters. The number of rotatable bonds is 3. The van der Waals surface area contributed by atoms with Crippen LogP contribution in [0.2, 0.25) is 0 Å². The van der Waals surface area contributed by atoms with E-state index in [1.165, 1.54) is 32.4 Å². The Hall–Kier alpha value is -0.590. The smallest absolute Gasteiger partial charge is 0.107 e. The van der Waals surface area contributed by atoms with Crippen LogP contribution < -0.4 is 5.73 Å². The number of hydrogen-bond acceptors (Lipinski definition) is 3. The van der Waals surface area contributed by atoms with Gasteiger partial charge in [-0.1, -0.05) is 13.3 Å². The van der Waals surface area contributed by atoms with Crippen molar-refractivity contribution in [3.8, 4) is 6.07 Å². The SMILES string of the molecule is CC1CCCN(CCC2CCCC2(N)C#N)CC1. The van der Waals surface area contributed by atoms with Crippen molar-refractivity contribution < 1.29 is 0 Å². The first-order valence-corrected chi connectivity index (χ1v) is 7.56. The van der Waals surface area contributed by atoms with Crippen LogP contribution in [0.15, 0.2) is 0 Å². The molecule has 0 spiro atoms. The molecule has 0 aromatic heterocycles. The molecule has 0 aromatic carbocycles. The quantitative estimate of drug-likeness (QED) is 0.836. The standard InChI is InChI=1S/C15H27N3/c1-13-4-3-9-18(10-6-13)11-7-14-5-2-8-15(14,17)12-16/h13-14H,2-11,17H2,1H3. The fraction of sp³-hybridized carbons (Fsp3) is 0.933. The maximum atomic E-state index is 9.22. The molecule has 2 aliphatic rings. The summed E-state index contributed by atoms with van der Waals surface area (Å²) < 4.78 is 0. The second kappa shape index (κ2) is 6.04. The van der Waals surface area contributed by atoms with E-state index in [1.54, 1.807) is 0 Å². The van der Waals surface area contributed by atoms with Gasteiger partial charge in [-0.3, -0.25) is 0 Å². The second-order valence-corrected chi connectivity index (χ2v) is 6.41. The van der Waals surface area contributed by atoms with Crippen molar-refractivity contribution in [3.05, 3.63) is 0 Å². The van der Waals surface area contributed by atoms with E-state index in [0.29, 0.717) is 5.92 Å². The van der Waals surface area contributed by atoms with Gasteiger partial charge in [-0.05, 0) is 70.0 Å². The van der Waals surface area contributed by atoms with E-state index < -0.39 is 5.54 Å². The Balaban J connectivity index is 1.79. The fourth-order valence-electron chi connectivity index (χ4n) is 3.54. The Kier molecular flexibility index (Phi) is 4.64. The molecule has 1 saturated carbocycles. The van der Waals surface area contributed by atoms with Crippen molar-refractivity contribution in [3.63, 3.8) is 0 Å². The molecule has 0 amide bonds. The molecule has 2 N–H and O–H groups in total. The van der Waals surface area contributed by atoms with Gasteiger partial charge in [0.25, 0.3) is 0 Å². The van der Waals surface area contributed by atoms with Crippen molar-refractivity contribution in [2.45, 2.75) is 57.4 Å². The minimum absolute atomic E-state index is 0.420. The normalized spacial score (nSPS) is 38.3. The van der Waals surface area contributed by atoms with Gasteiger partial charge in [-0.15, -0.1) is 0 Å². The van der Waals surface area contributed by atoms with Gasteiger partial charge in [-0.2, -0.15) is 5.26 Å². The van der Waals surface area contributed by atoms with Crippen molar-refractivity contribution in [2.75, 3.05) is 19.6 Å². The van der Waals surface area contributed by atoms with Gasteiger partial charge >= 0.3 is 0 Å². The van der Waals surface area contributed by atoms with Crippen molar-refractivity contribution in [1.82, 2.24) is 4.90 Å². The topological polar surface area (TPSA) is 53.0 Å². The minimum Gasteiger partial charge on any atom is -0.313 e. The molecule has 2 rings (SSSR count). The first-order valence-electron chi connectivity index (χ1n) is 7.56. The number of hydrogen-bond donors (Lipinski definition) is 1. The van der Waals surface area contributed by atoms with E-state index in [0.717, 1.165) is 38.1 Å². The number of likely N-dealkylation sites (tertiary alicyclic amines) is 1. The predicted molar refractivity (Wildman–Crippen MR) is 73.9 cm³/mol. The Labute approximate surface area is 111 Å². The van der Waals surface area contributed by atoms with Gasteiger partial charge in [0.15, 0.2) is 0 Å². The molecule has 1 aliphatic heterocycles. The van der Waals surface area contributed by atoms with Gasteiger partial charge in [0.1, 0.15) is 5.54 Å². The molecule has 1 aliphatic carbocycles. The van der Waals surface area contributed by atoms with Gasteiger partial charge in [0, 0.05) is 0 Å². The van der Waals surface area contributed by atoms with E-state index in [1.807, 2.05) is 0 Å². The fourth-order valence-corrected chi connectivity index (χ4v) is 3.54. The average molecular weight is 249 g/mol. The van der Waals surface area contributed by atoms with Gasteiger partial charge < -0.3 is 10.6 Å². The van der Waals surface area contributed by atoms with E-state index in [2.05, 4.69) is 17.9 Å². The van der Waals surface area contributed by atoms with Crippen LogP contribution in [0.3, 0.4) is 0 Å². The molecule has 3 nitrogen and oxygen atoms in total. The van der Waals surface area contributed by atoms with Crippen LogP contribution in [-0.2, 0) is 0 Å². The summed E-state index contributed by atoms with van der Waals surface area (Å²) in [4.78, 5) is 2.58. The second-order valence-electron chi connectivity index (χ2n) is 6.41. The number of nitriles is 1. The Morgan fingerprint density at radius 1 is 1.28 bits per heavy atom. The first-order chi connectivity index (χ1) is 8.64. The summed E-state index contributed by atoms with van der Waals surface area (Å²) in [5.41, 5.74) is 5.66. The van der Waals surface area contributed by atoms with Gasteiger partial charge in [0.05, 0.1) is 6.07 Å². The average Bonchev–Trinajstić information content (AvgIpc) is 2.61. The van der Waals surface area contributed by atoms with Crippen molar-refractivity contribution in [2.24, 2.45) is 17.6 Å². The van der Waals surface area contributed by atoms with Crippen LogP contribution in [-0.4, -0.2) is 30.1 Å². The predicted octanol–water partition coefficient (Wildman–Crippen LogP) is 2.52. The highest BCUT2D eigenvalue weighted by atomic mass is 15.1. The van der Waals surface area contributed by atoms with E-state index in [4.69, 9.17) is 5.73 Å². The summed E-state index contributed by atoms with van der Waals surface area (Å²) in [5.74, 6) is 1.30. The first kappa shape index (κ1) is 13.8. The third-order valence-corrected chi connectivity index (χ3v) is 4.98. The lowest BCUT2D eigenvalue weighted by Crippen LogP contribution is -2.43. The highest BCUT2D eigenvalue weighted by molar-refractivity contribution is 5.11. The minimum atomic E-state index is -0.529. The molecular weight excluding hydrogens is 222 g/mol. The zero-order valence-corrected chi connectivity index (χ0v) is 11.7. The van der Waals surface area contributed by atoms with Crippen LogP contribution in [0.5, 0.6) is 0 Å². The highest BCUT2D eigenvalue weighted by Crippen LogP contribution is 2.35. The molecular formula is C15H27N3. The molecule has 0 aromatic rings. The summed E-state index contributed by atoms with van der Waals surface area (Å²) in [6.07, 6.45) is 8.32. The van der Waals surface area contributed by atoms with Crippen LogP contribution in [0.1, 0.15) is 51.9 Å². The molecule has 2 fully saturated rings. The molecule has 0 bridgehead atoms. The molecule has 0 radical (unpaired) electrons. The maximum Gasteiger partial charge on any atom is 0.107 e. The monoisotopic (exact) mass is 249 g/mol. The van der Waals surface area contributed by atoms with E-state index in [9.17, 15) is 5.26 Å². The third kappa shape index (κ3) is 3.24. The van der Waals surface area contributed by atoms with Crippen molar-refractivity contribution >= 4 is 0 Å². The zero-order valence-electron chi connectivity index (χ0n) is 11.7. The van der Waals surface area contributed by atoms with Gasteiger partial charge in [0.2, 0.25) is 0 Å². The molecule has 1 heterocycles. The Bertz CT molecular complexity index is 309. The lowest BCUT2D eigenvalue weighted by molar-refractivity contribution is 0.242. The van der Waals surface area contributed by atoms with Crippen molar-refractivity contribution in [1.29, 1.82) is 5.26 Å². The highest BCUT2D eigenvalue weighted by Gasteiger charge is 2.39. The summed E-state index contributed by atoms with van der Waals surface area (Å²) in [7, 11) is 0. The largest absolute Gasteiger partial charge is 0.313 e. The Morgan fingerprint density at radius 2 is 2.11 bits per heavy atom. The maximum absolute atomic E-state index is 9.22. The summed E-state index contributed by atoms with van der Waals surface area (Å²) in [6, 6.07) is 2.36. The summed E-state index contributed by atoms with van der Waals surface area (Å²) in [5, 5.41) is 9.22. The van der Waals surface area contributed by atoms with Crippen LogP contribution >= 0.6 is 0 Å². The molecule has 18 heavy (non-hydrogen) atoms. The number of nitrogens with two attached hydrogens (primary N) is 1. The summed E-state index contributed by atoms with van der Waals surface area (Å²) in [6.45, 7) is 5.97. The third-order valence-electron chi connectivity index (χ3n) is 4.98. The van der Waals surface area contributed by atoms with Crippen LogP contribution in [0.4, 0.5) is 0 Å². The molecule has 102 valence electrons. The molecule has 3 heteroatoms. The lowest BCUT2D eigenvalue weighted by atomic mass is 9.87. The van der Waals surface area contributed by atoms with E-state index in [-0.39, 0.29) is 0 Å². The lowest BCUT2D eigenvalue weighted by Gasteiger charge is -2.27. The van der Waals surface area contributed by atoms with Crippen LogP contribution in [0.25, 0.3) is 0 Å².